The molecule has 0 amide bonds. The van der Waals surface area contributed by atoms with Gasteiger partial charge in [0.15, 0.2) is 0 Å². The molecule has 0 unspecified atom stereocenters. The minimum atomic E-state index is 0.000000000000000444. The van der Waals surface area contributed by atoms with E-state index in [0.717, 1.165) is 6.42 Å². The zero-order chi connectivity index (χ0) is 19.4. The van der Waals surface area contributed by atoms with Crippen LogP contribution < -0.4 is 11.5 Å². The number of nitrogens with two attached hydrogens (primary N) is 2. The third-order valence-corrected chi connectivity index (χ3v) is 4.08. The maximum atomic E-state index is 8.89. The van der Waals surface area contributed by atoms with Crippen LogP contribution in [0.2, 0.25) is 15.9 Å². The van der Waals surface area contributed by atoms with E-state index in [1.807, 2.05) is 12.1 Å². The molecule has 0 atom stereocenters. The quantitative estimate of drug-likeness (QED) is 0.677. The molecule has 1 aromatic heterocycles. The van der Waals surface area contributed by atoms with Crippen molar-refractivity contribution in [2.24, 2.45) is 11.5 Å². The molecule has 1 aromatic carbocycles. The number of benzene rings is 1. The molecule has 26 heavy (non-hydrogen) atoms. The van der Waals surface area contributed by atoms with Crippen LogP contribution in [0, 0.1) is 0 Å². The van der Waals surface area contributed by atoms with Crippen molar-refractivity contribution in [3.8, 4) is 5.75 Å². The van der Waals surface area contributed by atoms with Gasteiger partial charge in [-0.15, -0.1) is 0 Å². The predicted octanol–water partition coefficient (Wildman–Crippen LogP) is 4.00. The van der Waals surface area contributed by atoms with Crippen molar-refractivity contribution in [2.45, 2.75) is 44.6 Å². The Morgan fingerprint density at radius 3 is 1.69 bits per heavy atom. The zero-order valence-electron chi connectivity index (χ0n) is 14.4. The number of phenols is 1. The first-order valence-electron chi connectivity index (χ1n) is 8.37. The molecule has 144 valence electrons. The molecule has 2 aromatic rings. The third kappa shape index (κ3) is 10.7. The van der Waals surface area contributed by atoms with E-state index in [-0.39, 0.29) is 15.9 Å². The monoisotopic (exact) mass is 419 g/mol. The molecule has 1 aliphatic carbocycles. The number of hydrogen-bond donors (Lipinski definition) is 3. The molecule has 0 bridgehead atoms. The normalized spacial score (nSPS) is 13.9. The molecular weight excluding hydrogens is 397 g/mol. The van der Waals surface area contributed by atoms with Gasteiger partial charge in [-0.05, 0) is 78.3 Å². The van der Waals surface area contributed by atoms with Gasteiger partial charge < -0.3 is 16.6 Å². The molecule has 3 rings (SSSR count). The minimum absolute atomic E-state index is 0.000000000000000444. The second kappa shape index (κ2) is 13.1. The van der Waals surface area contributed by atoms with E-state index in [0.29, 0.717) is 18.3 Å². The predicted molar refractivity (Wildman–Crippen MR) is 107 cm³/mol. The molecular formula is C17H24Cl3N5O. The van der Waals surface area contributed by atoms with E-state index >= 15 is 0 Å². The number of hydrogen-bond acceptors (Lipinski definition) is 6. The van der Waals surface area contributed by atoms with Crippen molar-refractivity contribution in [1.82, 2.24) is 15.0 Å². The van der Waals surface area contributed by atoms with E-state index in [2.05, 4.69) is 15.0 Å². The van der Waals surface area contributed by atoms with Crippen LogP contribution in [-0.4, -0.2) is 32.6 Å². The Balaban J connectivity index is 0.000000198. The van der Waals surface area contributed by atoms with Crippen molar-refractivity contribution in [1.29, 1.82) is 0 Å². The summed E-state index contributed by atoms with van der Waals surface area (Å²) in [6.07, 6.45) is 7.54. The van der Waals surface area contributed by atoms with Crippen LogP contribution in [0.4, 0.5) is 0 Å². The Bertz CT molecular complexity index is 586. The topological polar surface area (TPSA) is 111 Å². The molecule has 0 aliphatic heterocycles. The highest BCUT2D eigenvalue weighted by Gasteiger charge is 2.06. The summed E-state index contributed by atoms with van der Waals surface area (Å²) < 4.78 is 0. The molecule has 1 fully saturated rings. The molecule has 6 nitrogen and oxygen atoms in total. The summed E-state index contributed by atoms with van der Waals surface area (Å²) in [5.74, 6) is 0.306. The van der Waals surface area contributed by atoms with Gasteiger partial charge in [0.05, 0.1) is 0 Å². The third-order valence-electron chi connectivity index (χ3n) is 3.57. The lowest BCUT2D eigenvalue weighted by Crippen LogP contribution is -2.22. The van der Waals surface area contributed by atoms with Gasteiger partial charge in [0.2, 0.25) is 15.9 Å². The highest BCUT2D eigenvalue weighted by atomic mass is 35.5. The SMILES string of the molecule is Clc1nc(Cl)nc(Cl)n1.NC1CCCCC1.NCCc1ccc(O)cc1. The lowest BCUT2D eigenvalue weighted by Gasteiger charge is -2.15. The fourth-order valence-corrected chi connectivity index (χ4v) is 2.88. The molecule has 1 aliphatic rings. The van der Waals surface area contributed by atoms with Crippen LogP contribution in [0.3, 0.4) is 0 Å². The van der Waals surface area contributed by atoms with Crippen molar-refractivity contribution >= 4 is 34.8 Å². The van der Waals surface area contributed by atoms with Crippen LogP contribution >= 0.6 is 34.8 Å². The summed E-state index contributed by atoms with van der Waals surface area (Å²) in [5, 5.41) is 8.89. The van der Waals surface area contributed by atoms with Crippen LogP contribution in [-0.2, 0) is 6.42 Å². The Labute approximate surface area is 168 Å². The number of phenolic OH excluding ortho intramolecular Hbond substituents is 1. The van der Waals surface area contributed by atoms with E-state index in [4.69, 9.17) is 51.4 Å². The van der Waals surface area contributed by atoms with E-state index in [1.165, 1.54) is 37.7 Å². The van der Waals surface area contributed by atoms with Gasteiger partial charge in [0.1, 0.15) is 5.75 Å². The summed E-state index contributed by atoms with van der Waals surface area (Å²) in [7, 11) is 0. The van der Waals surface area contributed by atoms with Crippen molar-refractivity contribution in [3.63, 3.8) is 0 Å². The highest BCUT2D eigenvalue weighted by Crippen LogP contribution is 2.14. The minimum Gasteiger partial charge on any atom is -0.508 e. The number of aromatic nitrogens is 3. The maximum Gasteiger partial charge on any atom is 0.227 e. The average molecular weight is 421 g/mol. The van der Waals surface area contributed by atoms with Crippen molar-refractivity contribution in [3.05, 3.63) is 45.7 Å². The van der Waals surface area contributed by atoms with Crippen molar-refractivity contribution in [2.75, 3.05) is 6.54 Å². The lowest BCUT2D eigenvalue weighted by atomic mass is 9.97. The number of aromatic hydroxyl groups is 1. The van der Waals surface area contributed by atoms with Crippen LogP contribution in [0.25, 0.3) is 0 Å². The molecule has 0 saturated heterocycles. The van der Waals surface area contributed by atoms with Crippen molar-refractivity contribution < 1.29 is 5.11 Å². The fraction of sp³-hybridized carbons (Fsp3) is 0.471. The van der Waals surface area contributed by atoms with Gasteiger partial charge in [-0.1, -0.05) is 31.4 Å². The van der Waals surface area contributed by atoms with Gasteiger partial charge in [0.25, 0.3) is 0 Å². The van der Waals surface area contributed by atoms with Crippen LogP contribution in [0.5, 0.6) is 5.75 Å². The highest BCUT2D eigenvalue weighted by molar-refractivity contribution is 6.33. The standard InChI is InChI=1S/C8H11NO.C6H13N.C3Cl3N3/c9-6-5-7-1-3-8(10)4-2-7;7-6-4-2-1-3-5-6;4-1-7-2(5)9-3(6)8-1/h1-4,10H,5-6,9H2;6H,1-5,7H2;. The number of nitrogens with zero attached hydrogens (tertiary/aromatic N) is 3. The molecule has 1 saturated carbocycles. The van der Waals surface area contributed by atoms with E-state index in [1.54, 1.807) is 12.1 Å². The Kier molecular flexibility index (Phi) is 11.5. The average Bonchev–Trinajstić information content (AvgIpc) is 2.58. The molecule has 5 N–H and O–H groups in total. The first kappa shape index (κ1) is 22.9. The Morgan fingerprint density at radius 1 is 0.885 bits per heavy atom. The number of rotatable bonds is 2. The van der Waals surface area contributed by atoms with E-state index in [9.17, 15) is 0 Å². The number of halogens is 3. The summed E-state index contributed by atoms with van der Waals surface area (Å²) >= 11 is 16.0. The van der Waals surface area contributed by atoms with Gasteiger partial charge in [-0.2, -0.15) is 15.0 Å². The maximum absolute atomic E-state index is 8.89. The first-order valence-corrected chi connectivity index (χ1v) is 9.50. The molecule has 0 spiro atoms. The second-order valence-corrected chi connectivity index (χ2v) is 6.76. The summed E-state index contributed by atoms with van der Waals surface area (Å²) in [6, 6.07) is 7.63. The van der Waals surface area contributed by atoms with Gasteiger partial charge in [0, 0.05) is 6.04 Å². The lowest BCUT2D eigenvalue weighted by molar-refractivity contribution is 0.441. The zero-order valence-corrected chi connectivity index (χ0v) is 16.7. The molecule has 1 heterocycles. The molecule has 9 heteroatoms. The molecule has 0 radical (unpaired) electrons. The summed E-state index contributed by atoms with van der Waals surface area (Å²) in [6.45, 7) is 0.658. The second-order valence-electron chi connectivity index (χ2n) is 5.75. The summed E-state index contributed by atoms with van der Waals surface area (Å²) in [4.78, 5) is 10.4. The van der Waals surface area contributed by atoms with Crippen LogP contribution in [0.1, 0.15) is 37.7 Å². The van der Waals surface area contributed by atoms with Crippen LogP contribution in [0.15, 0.2) is 24.3 Å². The Morgan fingerprint density at radius 2 is 1.35 bits per heavy atom. The van der Waals surface area contributed by atoms with E-state index < -0.39 is 0 Å². The van der Waals surface area contributed by atoms with Gasteiger partial charge >= 0.3 is 0 Å². The Hall–Kier alpha value is -1.18. The van der Waals surface area contributed by atoms with Gasteiger partial charge in [-0.3, -0.25) is 0 Å². The van der Waals surface area contributed by atoms with Gasteiger partial charge in [-0.25, -0.2) is 0 Å². The summed E-state index contributed by atoms with van der Waals surface area (Å²) in [5.41, 5.74) is 12.1. The first-order chi connectivity index (χ1) is 12.4. The largest absolute Gasteiger partial charge is 0.508 e. The fourth-order valence-electron chi connectivity index (χ4n) is 2.27. The smallest absolute Gasteiger partial charge is 0.227 e.